The average Bonchev–Trinajstić information content (AvgIpc) is 2.56. The van der Waals surface area contributed by atoms with Crippen molar-refractivity contribution in [1.29, 1.82) is 0 Å². The van der Waals surface area contributed by atoms with Crippen molar-refractivity contribution in [1.82, 2.24) is 0 Å². The lowest BCUT2D eigenvalue weighted by Gasteiger charge is -2.35. The van der Waals surface area contributed by atoms with E-state index in [4.69, 9.17) is 4.74 Å². The second-order valence-electron chi connectivity index (χ2n) is 6.35. The third-order valence-electron chi connectivity index (χ3n) is 5.67. The van der Waals surface area contributed by atoms with Crippen LogP contribution in [-0.2, 0) is 0 Å². The minimum atomic E-state index is -0.0749. The number of hydrogen-bond donors (Lipinski definition) is 0. The third-order valence-corrected chi connectivity index (χ3v) is 5.67. The van der Waals surface area contributed by atoms with Gasteiger partial charge < -0.3 is 4.74 Å². The predicted molar refractivity (Wildman–Crippen MR) is 82.2 cm³/mol. The number of benzene rings is 1. The molecule has 0 N–H and O–H groups in total. The first-order valence-electron chi connectivity index (χ1n) is 7.31. The molecule has 0 aromatic heterocycles. The Kier molecular flexibility index (Phi) is 3.75. The lowest BCUT2D eigenvalue weighted by molar-refractivity contribution is 0.0112. The largest absolute Gasteiger partial charge is 0.487 e. The van der Waals surface area contributed by atoms with E-state index in [0.29, 0.717) is 23.7 Å². The summed E-state index contributed by atoms with van der Waals surface area (Å²) in [4.78, 5) is 0. The molecule has 1 nitrogen and oxygen atoms in total. The van der Waals surface area contributed by atoms with Gasteiger partial charge in [0.25, 0.3) is 0 Å². The summed E-state index contributed by atoms with van der Waals surface area (Å²) in [7, 11) is 0. The fourth-order valence-corrected chi connectivity index (χ4v) is 3.48. The molecule has 0 saturated heterocycles. The standard InChI is InChI=1S/C18H26O/c1-7-16-8-10-17(11-9-16)19-18(6)14(4)12(2)13(3)15(18)5/h7-15H,1H2,2-6H3. The molecule has 0 bridgehead atoms. The van der Waals surface area contributed by atoms with E-state index >= 15 is 0 Å². The maximum atomic E-state index is 6.39. The highest BCUT2D eigenvalue weighted by Gasteiger charge is 2.52. The summed E-state index contributed by atoms with van der Waals surface area (Å²) < 4.78 is 6.39. The van der Waals surface area contributed by atoms with Crippen LogP contribution in [-0.4, -0.2) is 5.60 Å². The minimum Gasteiger partial charge on any atom is -0.487 e. The van der Waals surface area contributed by atoms with Gasteiger partial charge in [-0.2, -0.15) is 0 Å². The molecule has 4 unspecified atom stereocenters. The minimum absolute atomic E-state index is 0.0749. The zero-order valence-electron chi connectivity index (χ0n) is 12.8. The second-order valence-corrected chi connectivity index (χ2v) is 6.35. The van der Waals surface area contributed by atoms with E-state index < -0.39 is 0 Å². The van der Waals surface area contributed by atoms with E-state index in [-0.39, 0.29) is 5.60 Å². The van der Waals surface area contributed by atoms with Crippen molar-refractivity contribution in [3.8, 4) is 5.75 Å². The van der Waals surface area contributed by atoms with E-state index in [1.807, 2.05) is 6.08 Å². The van der Waals surface area contributed by atoms with Crippen molar-refractivity contribution in [2.75, 3.05) is 0 Å². The molecule has 1 aromatic carbocycles. The van der Waals surface area contributed by atoms with Crippen molar-refractivity contribution in [2.45, 2.75) is 40.2 Å². The first-order valence-corrected chi connectivity index (χ1v) is 7.31. The molecule has 1 heteroatoms. The van der Waals surface area contributed by atoms with E-state index in [2.05, 4.69) is 65.5 Å². The summed E-state index contributed by atoms with van der Waals surface area (Å²) in [6.07, 6.45) is 1.86. The van der Waals surface area contributed by atoms with Gasteiger partial charge in [-0.05, 0) is 48.3 Å². The molecule has 0 heterocycles. The van der Waals surface area contributed by atoms with Crippen molar-refractivity contribution in [3.63, 3.8) is 0 Å². The van der Waals surface area contributed by atoms with Crippen LogP contribution < -0.4 is 4.74 Å². The highest BCUT2D eigenvalue weighted by molar-refractivity contribution is 5.48. The van der Waals surface area contributed by atoms with Crippen LogP contribution in [0, 0.1) is 23.7 Å². The Bertz CT molecular complexity index is 431. The Morgan fingerprint density at radius 1 is 1.00 bits per heavy atom. The van der Waals surface area contributed by atoms with Crippen molar-refractivity contribution >= 4 is 6.08 Å². The fraction of sp³-hybridized carbons (Fsp3) is 0.556. The lowest BCUT2D eigenvalue weighted by atomic mass is 9.85. The van der Waals surface area contributed by atoms with Crippen LogP contribution in [0.3, 0.4) is 0 Å². The van der Waals surface area contributed by atoms with Crippen LogP contribution in [0.15, 0.2) is 30.8 Å². The SMILES string of the molecule is C=Cc1ccc(OC2(C)C(C)C(C)C(C)C2C)cc1. The van der Waals surface area contributed by atoms with Crippen LogP contribution in [0.25, 0.3) is 6.08 Å². The van der Waals surface area contributed by atoms with E-state index in [9.17, 15) is 0 Å². The van der Waals surface area contributed by atoms with Gasteiger partial charge in [0.2, 0.25) is 0 Å². The average molecular weight is 258 g/mol. The summed E-state index contributed by atoms with van der Waals surface area (Å²) in [5.41, 5.74) is 1.06. The Balaban J connectivity index is 2.23. The highest BCUT2D eigenvalue weighted by atomic mass is 16.5. The topological polar surface area (TPSA) is 9.23 Å². The number of rotatable bonds is 3. The molecule has 0 spiro atoms. The molecule has 104 valence electrons. The number of hydrogen-bond acceptors (Lipinski definition) is 1. The van der Waals surface area contributed by atoms with Gasteiger partial charge in [0.15, 0.2) is 0 Å². The van der Waals surface area contributed by atoms with Crippen LogP contribution in [0.1, 0.15) is 40.2 Å². The zero-order chi connectivity index (χ0) is 14.2. The van der Waals surface area contributed by atoms with Gasteiger partial charge in [-0.3, -0.25) is 0 Å². The van der Waals surface area contributed by atoms with Crippen LogP contribution in [0.5, 0.6) is 5.75 Å². The smallest absolute Gasteiger partial charge is 0.120 e. The molecule has 2 rings (SSSR count). The quantitative estimate of drug-likeness (QED) is 0.739. The molecule has 4 atom stereocenters. The molecular weight excluding hydrogens is 232 g/mol. The summed E-state index contributed by atoms with van der Waals surface area (Å²) >= 11 is 0. The predicted octanol–water partition coefficient (Wildman–Crippen LogP) is 5.03. The normalized spacial score (nSPS) is 38.2. The summed E-state index contributed by atoms with van der Waals surface area (Å²) in [5.74, 6) is 3.50. The molecule has 0 amide bonds. The van der Waals surface area contributed by atoms with Gasteiger partial charge in [0.1, 0.15) is 11.4 Å². The first kappa shape index (κ1) is 14.2. The van der Waals surface area contributed by atoms with Crippen LogP contribution in [0.2, 0.25) is 0 Å². The molecule has 1 fully saturated rings. The van der Waals surface area contributed by atoms with Gasteiger partial charge in [-0.1, -0.05) is 52.5 Å². The molecule has 1 aliphatic rings. The maximum absolute atomic E-state index is 6.39. The Hall–Kier alpha value is -1.24. The third kappa shape index (κ3) is 2.31. The van der Waals surface area contributed by atoms with Gasteiger partial charge in [-0.25, -0.2) is 0 Å². The van der Waals surface area contributed by atoms with Gasteiger partial charge in [-0.15, -0.1) is 0 Å². The number of ether oxygens (including phenoxy) is 1. The van der Waals surface area contributed by atoms with E-state index in [0.717, 1.165) is 11.3 Å². The summed E-state index contributed by atoms with van der Waals surface area (Å²) in [6, 6.07) is 8.22. The van der Waals surface area contributed by atoms with E-state index in [1.54, 1.807) is 0 Å². The molecule has 19 heavy (non-hydrogen) atoms. The lowest BCUT2D eigenvalue weighted by Crippen LogP contribution is -2.41. The zero-order valence-corrected chi connectivity index (χ0v) is 12.8. The van der Waals surface area contributed by atoms with E-state index in [1.165, 1.54) is 0 Å². The van der Waals surface area contributed by atoms with Crippen LogP contribution >= 0.6 is 0 Å². The second kappa shape index (κ2) is 5.03. The summed E-state index contributed by atoms with van der Waals surface area (Å²) in [6.45, 7) is 15.4. The molecule has 1 saturated carbocycles. The van der Waals surface area contributed by atoms with Crippen molar-refractivity contribution in [3.05, 3.63) is 36.4 Å². The fourth-order valence-electron chi connectivity index (χ4n) is 3.48. The molecular formula is C18H26O. The van der Waals surface area contributed by atoms with Crippen molar-refractivity contribution in [2.24, 2.45) is 23.7 Å². The highest BCUT2D eigenvalue weighted by Crippen LogP contribution is 2.50. The van der Waals surface area contributed by atoms with Crippen molar-refractivity contribution < 1.29 is 4.74 Å². The van der Waals surface area contributed by atoms with Crippen LogP contribution in [0.4, 0.5) is 0 Å². The summed E-state index contributed by atoms with van der Waals surface area (Å²) in [5, 5.41) is 0. The molecule has 1 aromatic rings. The van der Waals surface area contributed by atoms with Gasteiger partial charge >= 0.3 is 0 Å². The first-order chi connectivity index (χ1) is 8.90. The van der Waals surface area contributed by atoms with Gasteiger partial charge in [0.05, 0.1) is 0 Å². The maximum Gasteiger partial charge on any atom is 0.120 e. The molecule has 0 radical (unpaired) electrons. The monoisotopic (exact) mass is 258 g/mol. The van der Waals surface area contributed by atoms with Gasteiger partial charge in [0, 0.05) is 0 Å². The molecule has 1 aliphatic carbocycles. The Morgan fingerprint density at radius 3 is 1.89 bits per heavy atom. The molecule has 0 aliphatic heterocycles. The Morgan fingerprint density at radius 2 is 1.47 bits per heavy atom. The Labute approximate surface area is 117 Å².